The number of rotatable bonds is 5. The van der Waals surface area contributed by atoms with Gasteiger partial charge in [-0.1, -0.05) is 24.3 Å². The van der Waals surface area contributed by atoms with E-state index in [1.165, 1.54) is 23.8 Å². The minimum absolute atomic E-state index is 0.0382. The van der Waals surface area contributed by atoms with Crippen LogP contribution in [-0.4, -0.2) is 24.1 Å². The van der Waals surface area contributed by atoms with Crippen molar-refractivity contribution >= 4 is 29.5 Å². The molecular weight excluding hydrogens is 354 g/mol. The zero-order valence-electron chi connectivity index (χ0n) is 12.5. The molecule has 1 fully saturated rings. The lowest BCUT2D eigenvalue weighted by atomic mass is 10.2. The van der Waals surface area contributed by atoms with Gasteiger partial charge in [0.15, 0.2) is 0 Å². The Labute approximate surface area is 146 Å². The molecule has 0 unspecified atom stereocenters. The van der Waals surface area contributed by atoms with E-state index >= 15 is 0 Å². The molecule has 1 saturated heterocycles. The average Bonchev–Trinajstić information content (AvgIpc) is 3.10. The van der Waals surface area contributed by atoms with Gasteiger partial charge >= 0.3 is 12.6 Å². The molecular formula is C17H14F2O3S2. The lowest BCUT2D eigenvalue weighted by molar-refractivity contribution is -0.0503. The molecule has 0 aliphatic carbocycles. The predicted molar refractivity (Wildman–Crippen MR) is 92.1 cm³/mol. The Morgan fingerprint density at radius 3 is 2.38 bits per heavy atom. The molecule has 0 aromatic heterocycles. The van der Waals surface area contributed by atoms with Crippen molar-refractivity contribution in [2.75, 3.05) is 11.5 Å². The predicted octanol–water partition coefficient (Wildman–Crippen LogP) is 4.99. The Balaban J connectivity index is 1.70. The molecule has 2 aromatic rings. The molecule has 7 heteroatoms. The second kappa shape index (κ2) is 7.90. The van der Waals surface area contributed by atoms with Crippen molar-refractivity contribution < 1.29 is 23.0 Å². The number of hydrogen-bond acceptors (Lipinski definition) is 5. The fraction of sp³-hybridized carbons (Fsp3) is 0.235. The van der Waals surface area contributed by atoms with E-state index in [2.05, 4.69) is 4.74 Å². The van der Waals surface area contributed by atoms with Gasteiger partial charge in [-0.2, -0.15) is 8.78 Å². The van der Waals surface area contributed by atoms with Crippen LogP contribution in [0.2, 0.25) is 0 Å². The SMILES string of the molecule is O=C(Oc1ccc(C2SCCS2)cc1)c1ccccc1OC(F)F. The van der Waals surface area contributed by atoms with Crippen molar-refractivity contribution in [2.24, 2.45) is 0 Å². The van der Waals surface area contributed by atoms with Gasteiger partial charge in [0, 0.05) is 11.5 Å². The van der Waals surface area contributed by atoms with Gasteiger partial charge in [-0.3, -0.25) is 0 Å². The first-order valence-electron chi connectivity index (χ1n) is 7.22. The fourth-order valence-corrected chi connectivity index (χ4v) is 5.10. The second-order valence-electron chi connectivity index (χ2n) is 4.91. The second-order valence-corrected chi connectivity index (χ2v) is 7.63. The molecule has 2 aromatic carbocycles. The summed E-state index contributed by atoms with van der Waals surface area (Å²) in [5.41, 5.74) is 1.13. The van der Waals surface area contributed by atoms with Gasteiger partial charge in [0.25, 0.3) is 0 Å². The molecule has 1 aliphatic rings. The van der Waals surface area contributed by atoms with Crippen LogP contribution in [0.25, 0.3) is 0 Å². The van der Waals surface area contributed by atoms with E-state index in [1.807, 2.05) is 35.7 Å². The van der Waals surface area contributed by atoms with Crippen LogP contribution in [0.3, 0.4) is 0 Å². The molecule has 0 radical (unpaired) electrons. The minimum atomic E-state index is -3.00. The summed E-state index contributed by atoms with van der Waals surface area (Å²) in [5, 5.41) is 0. The van der Waals surface area contributed by atoms with Crippen LogP contribution in [0.1, 0.15) is 20.5 Å². The number of halogens is 2. The minimum Gasteiger partial charge on any atom is -0.434 e. The molecule has 0 atom stereocenters. The maximum Gasteiger partial charge on any atom is 0.387 e. The number of hydrogen-bond donors (Lipinski definition) is 0. The Morgan fingerprint density at radius 1 is 1.04 bits per heavy atom. The van der Waals surface area contributed by atoms with Gasteiger partial charge in [-0.15, -0.1) is 23.5 Å². The lowest BCUT2D eigenvalue weighted by Gasteiger charge is -2.11. The average molecular weight is 368 g/mol. The van der Waals surface area contributed by atoms with E-state index in [0.717, 1.165) is 11.5 Å². The normalized spacial score (nSPS) is 14.8. The molecule has 0 spiro atoms. The topological polar surface area (TPSA) is 35.5 Å². The molecule has 1 heterocycles. The van der Waals surface area contributed by atoms with Gasteiger partial charge in [0.05, 0.1) is 4.58 Å². The molecule has 0 N–H and O–H groups in total. The van der Waals surface area contributed by atoms with Crippen LogP contribution in [0.5, 0.6) is 11.5 Å². The molecule has 126 valence electrons. The highest BCUT2D eigenvalue weighted by Gasteiger charge is 2.19. The molecule has 24 heavy (non-hydrogen) atoms. The maximum atomic E-state index is 12.4. The number of thioether (sulfide) groups is 2. The van der Waals surface area contributed by atoms with E-state index < -0.39 is 12.6 Å². The number of esters is 1. The first-order chi connectivity index (χ1) is 11.6. The van der Waals surface area contributed by atoms with E-state index in [9.17, 15) is 13.6 Å². The summed E-state index contributed by atoms with van der Waals surface area (Å²) < 4.78 is 34.8. The number of benzene rings is 2. The van der Waals surface area contributed by atoms with Crippen molar-refractivity contribution in [3.63, 3.8) is 0 Å². The zero-order valence-corrected chi connectivity index (χ0v) is 14.1. The van der Waals surface area contributed by atoms with Crippen LogP contribution in [0.4, 0.5) is 8.78 Å². The molecule has 3 rings (SSSR count). The van der Waals surface area contributed by atoms with E-state index in [1.54, 1.807) is 18.2 Å². The number of alkyl halides is 2. The monoisotopic (exact) mass is 368 g/mol. The molecule has 1 aliphatic heterocycles. The van der Waals surface area contributed by atoms with Crippen molar-refractivity contribution in [2.45, 2.75) is 11.2 Å². The molecule has 0 bridgehead atoms. The summed E-state index contributed by atoms with van der Waals surface area (Å²) in [6, 6.07) is 13.0. The Hall–Kier alpha value is -1.73. The Bertz CT molecular complexity index is 701. The number of para-hydroxylation sites is 1. The lowest BCUT2D eigenvalue weighted by Crippen LogP contribution is -2.12. The van der Waals surface area contributed by atoms with Crippen LogP contribution < -0.4 is 9.47 Å². The van der Waals surface area contributed by atoms with Gasteiger partial charge < -0.3 is 9.47 Å². The van der Waals surface area contributed by atoms with Crippen molar-refractivity contribution in [1.29, 1.82) is 0 Å². The highest BCUT2D eigenvalue weighted by Crippen LogP contribution is 2.45. The zero-order chi connectivity index (χ0) is 16.9. The van der Waals surface area contributed by atoms with Gasteiger partial charge in [-0.25, -0.2) is 4.79 Å². The van der Waals surface area contributed by atoms with Crippen LogP contribution in [0, 0.1) is 0 Å². The maximum absolute atomic E-state index is 12.4. The quantitative estimate of drug-likeness (QED) is 0.549. The number of carbonyl (C=O) groups is 1. The Kier molecular flexibility index (Phi) is 5.63. The molecule has 0 saturated carbocycles. The third kappa shape index (κ3) is 4.21. The van der Waals surface area contributed by atoms with E-state index in [0.29, 0.717) is 10.3 Å². The smallest absolute Gasteiger partial charge is 0.387 e. The first-order valence-corrected chi connectivity index (χ1v) is 9.32. The van der Waals surface area contributed by atoms with E-state index in [-0.39, 0.29) is 11.3 Å². The standard InChI is InChI=1S/C17H14F2O3S2/c18-17(19)22-14-4-2-1-3-13(14)15(20)21-12-7-5-11(6-8-12)16-23-9-10-24-16/h1-8,16-17H,9-10H2. The van der Waals surface area contributed by atoms with Crippen molar-refractivity contribution in [1.82, 2.24) is 0 Å². The highest BCUT2D eigenvalue weighted by atomic mass is 32.2. The summed E-state index contributed by atoms with van der Waals surface area (Å²) in [6.07, 6.45) is 0. The van der Waals surface area contributed by atoms with Crippen molar-refractivity contribution in [3.8, 4) is 11.5 Å². The summed E-state index contributed by atoms with van der Waals surface area (Å²) in [4.78, 5) is 12.2. The fourth-order valence-electron chi connectivity index (χ4n) is 2.24. The van der Waals surface area contributed by atoms with Crippen LogP contribution >= 0.6 is 23.5 Å². The third-order valence-corrected chi connectivity index (χ3v) is 6.41. The summed E-state index contributed by atoms with van der Waals surface area (Å²) >= 11 is 3.77. The third-order valence-electron chi connectivity index (χ3n) is 3.31. The molecule has 3 nitrogen and oxygen atoms in total. The van der Waals surface area contributed by atoms with Crippen LogP contribution in [0.15, 0.2) is 48.5 Å². The first kappa shape index (κ1) is 17.1. The summed E-state index contributed by atoms with van der Waals surface area (Å²) in [6.45, 7) is -3.00. The van der Waals surface area contributed by atoms with E-state index in [4.69, 9.17) is 4.74 Å². The van der Waals surface area contributed by atoms with Crippen LogP contribution in [-0.2, 0) is 0 Å². The van der Waals surface area contributed by atoms with Crippen molar-refractivity contribution in [3.05, 3.63) is 59.7 Å². The highest BCUT2D eigenvalue weighted by molar-refractivity contribution is 8.19. The Morgan fingerprint density at radius 2 is 1.71 bits per heavy atom. The van der Waals surface area contributed by atoms with Gasteiger partial charge in [0.1, 0.15) is 17.1 Å². The molecule has 0 amide bonds. The number of carbonyl (C=O) groups excluding carboxylic acids is 1. The summed E-state index contributed by atoms with van der Waals surface area (Å²) in [5.74, 6) is 1.69. The largest absolute Gasteiger partial charge is 0.434 e. The summed E-state index contributed by atoms with van der Waals surface area (Å²) in [7, 11) is 0. The van der Waals surface area contributed by atoms with Gasteiger partial charge in [-0.05, 0) is 29.8 Å². The van der Waals surface area contributed by atoms with Gasteiger partial charge in [0.2, 0.25) is 0 Å². The number of ether oxygens (including phenoxy) is 2.